The Morgan fingerprint density at radius 2 is 1.95 bits per heavy atom. The predicted octanol–water partition coefficient (Wildman–Crippen LogP) is 3.61. The van der Waals surface area contributed by atoms with Crippen LogP contribution in [0.3, 0.4) is 0 Å². The maximum atomic E-state index is 14.0. The van der Waals surface area contributed by atoms with E-state index in [0.29, 0.717) is 24.5 Å². The van der Waals surface area contributed by atoms with Crippen molar-refractivity contribution in [2.45, 2.75) is 45.5 Å². The van der Waals surface area contributed by atoms with Crippen molar-refractivity contribution in [1.82, 2.24) is 15.4 Å². The summed E-state index contributed by atoms with van der Waals surface area (Å²) in [6.45, 7) is 9.94. The zero-order valence-corrected chi connectivity index (χ0v) is 23.6. The third-order valence-electron chi connectivity index (χ3n) is 7.84. The monoisotopic (exact) mass is 558 g/mol. The van der Waals surface area contributed by atoms with Gasteiger partial charge in [0.15, 0.2) is 0 Å². The summed E-state index contributed by atoms with van der Waals surface area (Å²) in [6, 6.07) is 12.1. The van der Waals surface area contributed by atoms with E-state index in [1.54, 1.807) is 53.6 Å². The largest absolute Gasteiger partial charge is 0.383 e. The molecule has 0 bridgehead atoms. The van der Waals surface area contributed by atoms with Crippen LogP contribution in [0.15, 0.2) is 79.5 Å². The van der Waals surface area contributed by atoms with Crippen LogP contribution in [0.4, 0.5) is 17.2 Å². The summed E-state index contributed by atoms with van der Waals surface area (Å²) >= 11 is 0. The lowest BCUT2D eigenvalue weighted by Crippen LogP contribution is -2.70. The molecule has 6 N–H and O–H groups in total. The van der Waals surface area contributed by atoms with Gasteiger partial charge in [0.1, 0.15) is 24.1 Å². The maximum absolute atomic E-state index is 14.0. The number of nitrogen functional groups attached to an aromatic ring is 1. The lowest BCUT2D eigenvalue weighted by atomic mass is 9.83. The second-order valence-corrected chi connectivity index (χ2v) is 10.5. The molecule has 0 aliphatic carbocycles. The van der Waals surface area contributed by atoms with Gasteiger partial charge in [-0.1, -0.05) is 49.4 Å². The third kappa shape index (κ3) is 6.09. The van der Waals surface area contributed by atoms with Crippen LogP contribution < -0.4 is 21.4 Å². The standard InChI is InChI=1S/C31H38N6O4/c1-5-7-15-31(4,6-2)30(40)37-18-17-36(23-11-8-20(3)9-12-23)29(39)26(37)25(35-41)28(38)34-22-10-13-24-21(19-22)14-16-33-27(24)32/h5,7-16,19,25-26,29,35,39,41H,1,6,17-18H2,2-4H3,(H2,32,33)(H,34,38). The number of benzene rings is 2. The first kappa shape index (κ1) is 29.7. The lowest BCUT2D eigenvalue weighted by Gasteiger charge is -2.49. The Morgan fingerprint density at radius 3 is 2.61 bits per heavy atom. The molecule has 1 aliphatic heterocycles. The van der Waals surface area contributed by atoms with E-state index in [-0.39, 0.29) is 12.5 Å². The van der Waals surface area contributed by atoms with E-state index in [1.807, 2.05) is 45.0 Å². The van der Waals surface area contributed by atoms with Gasteiger partial charge in [0.2, 0.25) is 11.8 Å². The highest BCUT2D eigenvalue weighted by atomic mass is 16.5. The van der Waals surface area contributed by atoms with Gasteiger partial charge in [0.05, 0.1) is 5.41 Å². The maximum Gasteiger partial charge on any atom is 0.246 e. The normalized spacial score (nSPS) is 19.6. The molecule has 0 radical (unpaired) electrons. The summed E-state index contributed by atoms with van der Waals surface area (Å²) in [7, 11) is 0. The summed E-state index contributed by atoms with van der Waals surface area (Å²) in [4.78, 5) is 35.0. The Morgan fingerprint density at radius 1 is 1.22 bits per heavy atom. The molecular weight excluding hydrogens is 520 g/mol. The average molecular weight is 559 g/mol. The summed E-state index contributed by atoms with van der Waals surface area (Å²) in [5.41, 5.74) is 9.39. The van der Waals surface area contributed by atoms with Gasteiger partial charge >= 0.3 is 0 Å². The molecular formula is C31H38N6O4. The number of nitrogens with zero attached hydrogens (tertiary/aromatic N) is 3. The van der Waals surface area contributed by atoms with Crippen LogP contribution >= 0.6 is 0 Å². The number of aryl methyl sites for hydroxylation is 1. The number of aromatic nitrogens is 1. The number of allylic oxidation sites excluding steroid dienone is 2. The number of hydrogen-bond donors (Lipinski definition) is 5. The van der Waals surface area contributed by atoms with Crippen LogP contribution in [0.2, 0.25) is 0 Å². The van der Waals surface area contributed by atoms with Crippen LogP contribution in [0.1, 0.15) is 25.8 Å². The number of carbonyl (C=O) groups is 2. The fraction of sp³-hybridized carbons (Fsp3) is 0.323. The van der Waals surface area contributed by atoms with Crippen molar-refractivity contribution in [2.75, 3.05) is 29.0 Å². The van der Waals surface area contributed by atoms with Crippen LogP contribution in [0.5, 0.6) is 0 Å². The van der Waals surface area contributed by atoms with Gasteiger partial charge in [-0.25, -0.2) is 4.98 Å². The second-order valence-electron chi connectivity index (χ2n) is 10.5. The van der Waals surface area contributed by atoms with E-state index in [2.05, 4.69) is 22.4 Å². The molecule has 1 saturated heterocycles. The van der Waals surface area contributed by atoms with Crippen molar-refractivity contribution in [2.24, 2.45) is 5.41 Å². The first-order chi connectivity index (χ1) is 19.6. The smallest absolute Gasteiger partial charge is 0.246 e. The van der Waals surface area contributed by atoms with E-state index in [4.69, 9.17) is 5.73 Å². The number of anilines is 3. The molecule has 1 aromatic heterocycles. The van der Waals surface area contributed by atoms with Crippen LogP contribution in [0, 0.1) is 12.3 Å². The zero-order chi connectivity index (χ0) is 29.7. The first-order valence-corrected chi connectivity index (χ1v) is 13.6. The van der Waals surface area contributed by atoms with Crippen molar-refractivity contribution in [3.63, 3.8) is 0 Å². The molecule has 2 heterocycles. The minimum atomic E-state index is -1.37. The number of amides is 2. The molecule has 2 amide bonds. The second kappa shape index (κ2) is 12.5. The summed E-state index contributed by atoms with van der Waals surface area (Å²) in [5.74, 6) is -0.524. The van der Waals surface area contributed by atoms with E-state index >= 15 is 0 Å². The topological polar surface area (TPSA) is 144 Å². The fourth-order valence-corrected chi connectivity index (χ4v) is 5.19. The number of pyridine rings is 1. The SMILES string of the molecule is C=CC=CC(C)(CC)C(=O)N1CCN(c2ccc(C)cc2)C(O)C1C(NO)C(=O)Nc1ccc2c(N)nccc2c1. The van der Waals surface area contributed by atoms with Crippen molar-refractivity contribution in [3.8, 4) is 0 Å². The summed E-state index contributed by atoms with van der Waals surface area (Å²) in [5, 5.41) is 26.4. The molecule has 216 valence electrons. The molecule has 1 fully saturated rings. The number of piperazine rings is 1. The van der Waals surface area contributed by atoms with E-state index < -0.39 is 29.6 Å². The van der Waals surface area contributed by atoms with E-state index in [1.165, 1.54) is 4.90 Å². The first-order valence-electron chi connectivity index (χ1n) is 13.6. The van der Waals surface area contributed by atoms with Crippen LogP contribution in [-0.2, 0) is 9.59 Å². The molecule has 4 rings (SSSR count). The number of aliphatic hydroxyl groups is 1. The predicted molar refractivity (Wildman–Crippen MR) is 161 cm³/mol. The highest BCUT2D eigenvalue weighted by Gasteiger charge is 2.48. The number of aliphatic hydroxyl groups excluding tert-OH is 1. The number of carbonyl (C=O) groups excluding carboxylic acids is 2. The molecule has 10 heteroatoms. The van der Waals surface area contributed by atoms with Crippen molar-refractivity contribution in [3.05, 3.63) is 85.1 Å². The number of fused-ring (bicyclic) bond motifs is 1. The summed E-state index contributed by atoms with van der Waals surface area (Å²) in [6.07, 6.45) is 5.84. The molecule has 4 unspecified atom stereocenters. The number of nitrogens with one attached hydrogen (secondary N) is 2. The molecule has 3 aromatic rings. The zero-order valence-electron chi connectivity index (χ0n) is 23.6. The van der Waals surface area contributed by atoms with Gasteiger partial charge < -0.3 is 31.2 Å². The highest BCUT2D eigenvalue weighted by molar-refractivity contribution is 5.99. The summed E-state index contributed by atoms with van der Waals surface area (Å²) < 4.78 is 0. The van der Waals surface area contributed by atoms with Gasteiger partial charge in [-0.05, 0) is 62.1 Å². The number of rotatable bonds is 9. The highest BCUT2D eigenvalue weighted by Crippen LogP contribution is 2.33. The van der Waals surface area contributed by atoms with E-state index in [9.17, 15) is 19.9 Å². The number of nitrogens with two attached hydrogens (primary N) is 1. The molecule has 4 atom stereocenters. The third-order valence-corrected chi connectivity index (χ3v) is 7.84. The fourth-order valence-electron chi connectivity index (χ4n) is 5.19. The quantitative estimate of drug-likeness (QED) is 0.198. The number of hydroxylamine groups is 1. The minimum absolute atomic E-state index is 0.222. The Bertz CT molecular complexity index is 1440. The minimum Gasteiger partial charge on any atom is -0.383 e. The Labute approximate surface area is 240 Å². The molecule has 0 spiro atoms. The van der Waals surface area contributed by atoms with Crippen LogP contribution in [0.25, 0.3) is 10.8 Å². The van der Waals surface area contributed by atoms with Crippen molar-refractivity contribution in [1.29, 1.82) is 0 Å². The Kier molecular flexibility index (Phi) is 9.07. The van der Waals surface area contributed by atoms with Gasteiger partial charge in [-0.2, -0.15) is 5.48 Å². The van der Waals surface area contributed by atoms with Crippen LogP contribution in [-0.4, -0.2) is 63.4 Å². The Hall–Kier alpha value is -4.25. The van der Waals surface area contributed by atoms with Gasteiger partial charge in [-0.3, -0.25) is 9.59 Å². The van der Waals surface area contributed by atoms with Gasteiger partial charge in [0, 0.05) is 36.0 Å². The van der Waals surface area contributed by atoms with E-state index in [0.717, 1.165) is 22.0 Å². The lowest BCUT2D eigenvalue weighted by molar-refractivity contribution is -0.150. The van der Waals surface area contributed by atoms with Gasteiger partial charge in [-0.15, -0.1) is 0 Å². The molecule has 0 saturated carbocycles. The molecule has 41 heavy (non-hydrogen) atoms. The van der Waals surface area contributed by atoms with Gasteiger partial charge in [0.25, 0.3) is 0 Å². The average Bonchev–Trinajstić information content (AvgIpc) is 2.97. The van der Waals surface area contributed by atoms with Crippen molar-refractivity contribution < 1.29 is 19.9 Å². The Balaban J connectivity index is 1.70. The number of hydrogen-bond acceptors (Lipinski definition) is 8. The van der Waals surface area contributed by atoms with Crippen molar-refractivity contribution >= 4 is 39.8 Å². The molecule has 10 nitrogen and oxygen atoms in total. The molecule has 2 aromatic carbocycles. The molecule has 1 aliphatic rings.